The molecule has 0 bridgehead atoms. The number of hydrazone groups is 1. The van der Waals surface area contributed by atoms with Crippen molar-refractivity contribution in [1.82, 2.24) is 5.43 Å². The molecule has 0 saturated heterocycles. The van der Waals surface area contributed by atoms with Gasteiger partial charge in [-0.1, -0.05) is 12.1 Å². The van der Waals surface area contributed by atoms with E-state index in [1.807, 2.05) is 6.07 Å². The second-order valence-corrected chi connectivity index (χ2v) is 4.93. The van der Waals surface area contributed by atoms with Gasteiger partial charge < -0.3 is 4.74 Å². The van der Waals surface area contributed by atoms with Crippen LogP contribution in [0.15, 0.2) is 52.0 Å². The Morgan fingerprint density at radius 1 is 1.33 bits per heavy atom. The zero-order valence-corrected chi connectivity index (χ0v) is 12.7. The van der Waals surface area contributed by atoms with Crippen molar-refractivity contribution in [2.45, 2.75) is 0 Å². The highest BCUT2D eigenvalue weighted by atomic mass is 79.9. The van der Waals surface area contributed by atoms with Crippen molar-refractivity contribution in [2.75, 3.05) is 7.11 Å². The molecule has 6 heteroatoms. The Bertz CT molecular complexity index is 689. The van der Waals surface area contributed by atoms with Gasteiger partial charge in [-0.2, -0.15) is 5.10 Å². The highest BCUT2D eigenvalue weighted by molar-refractivity contribution is 9.10. The summed E-state index contributed by atoms with van der Waals surface area (Å²) in [5, 5.41) is 3.80. The first kappa shape index (κ1) is 15.2. The summed E-state index contributed by atoms with van der Waals surface area (Å²) < 4.78 is 19.0. The minimum Gasteiger partial charge on any atom is -0.494 e. The highest BCUT2D eigenvalue weighted by Gasteiger charge is 2.07. The molecule has 0 aliphatic rings. The predicted octanol–water partition coefficient (Wildman–Crippen LogP) is 3.36. The zero-order valence-electron chi connectivity index (χ0n) is 11.1. The third kappa shape index (κ3) is 3.88. The van der Waals surface area contributed by atoms with E-state index in [1.165, 1.54) is 25.5 Å². The summed E-state index contributed by atoms with van der Waals surface area (Å²) in [4.78, 5) is 11.9. The van der Waals surface area contributed by atoms with Crippen LogP contribution in [0.4, 0.5) is 4.39 Å². The summed E-state index contributed by atoms with van der Waals surface area (Å²) >= 11 is 3.28. The van der Waals surface area contributed by atoms with Crippen LogP contribution in [0, 0.1) is 5.82 Å². The third-order valence-electron chi connectivity index (χ3n) is 2.67. The van der Waals surface area contributed by atoms with Crippen molar-refractivity contribution >= 4 is 28.1 Å². The summed E-state index contributed by atoms with van der Waals surface area (Å²) in [6, 6.07) is 11.4. The van der Waals surface area contributed by atoms with E-state index < -0.39 is 5.82 Å². The van der Waals surface area contributed by atoms with Crippen LogP contribution in [-0.2, 0) is 0 Å². The number of methoxy groups -OCH3 is 1. The van der Waals surface area contributed by atoms with Crippen LogP contribution in [0.3, 0.4) is 0 Å². The van der Waals surface area contributed by atoms with E-state index in [9.17, 15) is 9.18 Å². The average Bonchev–Trinajstić information content (AvgIpc) is 2.48. The number of amides is 1. The maximum atomic E-state index is 13.5. The monoisotopic (exact) mass is 350 g/mol. The van der Waals surface area contributed by atoms with Gasteiger partial charge in [-0.05, 0) is 51.8 Å². The number of rotatable bonds is 4. The van der Waals surface area contributed by atoms with Gasteiger partial charge in [-0.3, -0.25) is 4.79 Å². The average molecular weight is 351 g/mol. The standard InChI is InChI=1S/C15H12BrFN2O2/c1-21-14-7-6-10(8-13(14)17)9-18-19-15(20)11-4-2-3-5-12(11)16/h2-9H,1H3,(H,19,20)/b18-9-. The Kier molecular flexibility index (Phi) is 5.05. The molecule has 0 aliphatic heterocycles. The molecule has 21 heavy (non-hydrogen) atoms. The van der Waals surface area contributed by atoms with E-state index in [2.05, 4.69) is 26.5 Å². The number of carbonyl (C=O) groups excluding carboxylic acids is 1. The molecule has 0 aliphatic carbocycles. The molecule has 0 saturated carbocycles. The Morgan fingerprint density at radius 2 is 2.10 bits per heavy atom. The molecule has 2 aromatic rings. The molecule has 2 aromatic carbocycles. The van der Waals surface area contributed by atoms with Gasteiger partial charge in [-0.15, -0.1) is 0 Å². The molecule has 0 radical (unpaired) electrons. The molecule has 0 spiro atoms. The van der Waals surface area contributed by atoms with Crippen LogP contribution in [0.25, 0.3) is 0 Å². The Hall–Kier alpha value is -2.21. The van der Waals surface area contributed by atoms with Crippen molar-refractivity contribution in [1.29, 1.82) is 0 Å². The Balaban J connectivity index is 2.04. The van der Waals surface area contributed by atoms with Crippen molar-refractivity contribution in [2.24, 2.45) is 5.10 Å². The first-order chi connectivity index (χ1) is 10.1. The Labute approximate surface area is 129 Å². The first-order valence-electron chi connectivity index (χ1n) is 6.03. The normalized spacial score (nSPS) is 10.6. The van der Waals surface area contributed by atoms with E-state index in [0.29, 0.717) is 15.6 Å². The number of hydrogen-bond acceptors (Lipinski definition) is 3. The van der Waals surface area contributed by atoms with E-state index in [1.54, 1.807) is 24.3 Å². The maximum Gasteiger partial charge on any atom is 0.272 e. The third-order valence-corrected chi connectivity index (χ3v) is 3.37. The fourth-order valence-corrected chi connectivity index (χ4v) is 2.10. The van der Waals surface area contributed by atoms with Crippen molar-refractivity contribution < 1.29 is 13.9 Å². The summed E-state index contributed by atoms with van der Waals surface area (Å²) in [5.74, 6) is -0.685. The fourth-order valence-electron chi connectivity index (χ4n) is 1.63. The summed E-state index contributed by atoms with van der Waals surface area (Å²) in [7, 11) is 1.39. The number of carbonyl (C=O) groups is 1. The summed E-state index contributed by atoms with van der Waals surface area (Å²) in [6.07, 6.45) is 1.36. The van der Waals surface area contributed by atoms with Gasteiger partial charge in [0.15, 0.2) is 11.6 Å². The van der Waals surface area contributed by atoms with Gasteiger partial charge in [0.2, 0.25) is 0 Å². The quantitative estimate of drug-likeness (QED) is 0.678. The molecule has 0 unspecified atom stereocenters. The molecule has 108 valence electrons. The molecule has 2 rings (SSSR count). The number of nitrogens with zero attached hydrogens (tertiary/aromatic N) is 1. The molecule has 0 aromatic heterocycles. The lowest BCUT2D eigenvalue weighted by atomic mass is 10.2. The van der Waals surface area contributed by atoms with Crippen molar-refractivity contribution in [3.63, 3.8) is 0 Å². The minimum absolute atomic E-state index is 0.157. The van der Waals surface area contributed by atoms with E-state index in [-0.39, 0.29) is 11.7 Å². The van der Waals surface area contributed by atoms with Crippen molar-refractivity contribution in [3.8, 4) is 5.75 Å². The largest absolute Gasteiger partial charge is 0.494 e. The molecule has 0 heterocycles. The fraction of sp³-hybridized carbons (Fsp3) is 0.0667. The van der Waals surface area contributed by atoms with E-state index >= 15 is 0 Å². The molecule has 4 nitrogen and oxygen atoms in total. The number of hydrogen-bond donors (Lipinski definition) is 1. The zero-order chi connectivity index (χ0) is 15.2. The lowest BCUT2D eigenvalue weighted by molar-refractivity contribution is 0.0954. The van der Waals surface area contributed by atoms with Crippen LogP contribution < -0.4 is 10.2 Å². The second kappa shape index (κ2) is 6.99. The van der Waals surface area contributed by atoms with Crippen LogP contribution in [0.5, 0.6) is 5.75 Å². The topological polar surface area (TPSA) is 50.7 Å². The maximum absolute atomic E-state index is 13.5. The van der Waals surface area contributed by atoms with Crippen LogP contribution in [-0.4, -0.2) is 19.2 Å². The van der Waals surface area contributed by atoms with Gasteiger partial charge >= 0.3 is 0 Å². The first-order valence-corrected chi connectivity index (χ1v) is 6.82. The number of nitrogens with one attached hydrogen (secondary N) is 1. The Morgan fingerprint density at radius 3 is 2.76 bits per heavy atom. The minimum atomic E-state index is -0.487. The van der Waals surface area contributed by atoms with Crippen LogP contribution in [0.2, 0.25) is 0 Å². The molecular weight excluding hydrogens is 339 g/mol. The summed E-state index contributed by atoms with van der Waals surface area (Å²) in [6.45, 7) is 0. The van der Waals surface area contributed by atoms with Gasteiger partial charge in [0.05, 0.1) is 18.9 Å². The molecule has 0 atom stereocenters. The van der Waals surface area contributed by atoms with Gasteiger partial charge in [0, 0.05) is 4.47 Å². The van der Waals surface area contributed by atoms with Crippen molar-refractivity contribution in [3.05, 3.63) is 63.9 Å². The molecule has 0 fully saturated rings. The van der Waals surface area contributed by atoms with Gasteiger partial charge in [0.1, 0.15) is 0 Å². The smallest absolute Gasteiger partial charge is 0.272 e. The molecule has 1 N–H and O–H groups in total. The SMILES string of the molecule is COc1ccc(/C=N\NC(=O)c2ccccc2Br)cc1F. The highest BCUT2D eigenvalue weighted by Crippen LogP contribution is 2.17. The molecule has 1 amide bonds. The lowest BCUT2D eigenvalue weighted by Gasteiger charge is -2.03. The molecular formula is C15H12BrFN2O2. The number of benzene rings is 2. The second-order valence-electron chi connectivity index (χ2n) is 4.07. The lowest BCUT2D eigenvalue weighted by Crippen LogP contribution is -2.18. The van der Waals surface area contributed by atoms with Gasteiger partial charge in [0.25, 0.3) is 5.91 Å². The van der Waals surface area contributed by atoms with E-state index in [4.69, 9.17) is 4.74 Å². The van der Waals surface area contributed by atoms with Gasteiger partial charge in [-0.25, -0.2) is 9.82 Å². The van der Waals surface area contributed by atoms with E-state index in [0.717, 1.165) is 0 Å². The van der Waals surface area contributed by atoms with Crippen LogP contribution in [0.1, 0.15) is 15.9 Å². The number of ether oxygens (including phenoxy) is 1. The predicted molar refractivity (Wildman–Crippen MR) is 82.2 cm³/mol. The number of halogens is 2. The summed E-state index contributed by atoms with van der Waals surface area (Å²) in [5.41, 5.74) is 3.37. The van der Waals surface area contributed by atoms with Crippen LogP contribution >= 0.6 is 15.9 Å².